The normalized spacial score (nSPS) is 14.7. The van der Waals surface area contributed by atoms with Crippen LogP contribution in [0.3, 0.4) is 0 Å². The van der Waals surface area contributed by atoms with E-state index < -0.39 is 0 Å². The van der Waals surface area contributed by atoms with Gasteiger partial charge in [0.05, 0.1) is 26.9 Å². The van der Waals surface area contributed by atoms with Crippen molar-refractivity contribution in [3.63, 3.8) is 0 Å². The molecule has 0 N–H and O–H groups in total. The lowest BCUT2D eigenvalue weighted by molar-refractivity contribution is 0.859. The maximum absolute atomic E-state index is 5.01. The van der Waals surface area contributed by atoms with Gasteiger partial charge in [0.15, 0.2) is 0 Å². The van der Waals surface area contributed by atoms with Crippen molar-refractivity contribution in [2.24, 2.45) is 0 Å². The quantitative estimate of drug-likeness (QED) is 0.195. The van der Waals surface area contributed by atoms with Crippen molar-refractivity contribution in [1.82, 2.24) is 14.5 Å². The average molecular weight is 608 g/mol. The maximum atomic E-state index is 5.01. The minimum absolute atomic E-state index is 0.266. The number of thiazole rings is 1. The SMILES string of the molecule is C1=CC(c2cccc3c4ccc(-c5nc6ccccc6s5)cc4n(-c4cccc(-c5ccccn5)c4)c23)CC=C1c1ccccc1. The number of pyridine rings is 1. The minimum atomic E-state index is 0.266. The molecule has 8 aromatic rings. The number of para-hydroxylation sites is 2. The van der Waals surface area contributed by atoms with Crippen LogP contribution in [-0.2, 0) is 0 Å². The first kappa shape index (κ1) is 26.8. The van der Waals surface area contributed by atoms with E-state index >= 15 is 0 Å². The zero-order valence-corrected chi connectivity index (χ0v) is 25.9. The Morgan fingerprint density at radius 2 is 1.52 bits per heavy atom. The number of nitrogens with zero attached hydrogens (tertiary/aromatic N) is 3. The summed E-state index contributed by atoms with van der Waals surface area (Å²) in [5, 5.41) is 3.54. The molecular formula is C42H29N3S. The van der Waals surface area contributed by atoms with Gasteiger partial charge in [0.1, 0.15) is 5.01 Å². The third kappa shape index (κ3) is 4.58. The standard InChI is InChI=1S/C42H29N3S/c1-2-10-28(11-3-1)29-19-21-30(22-20-29)34-14-9-15-36-35-24-23-32(42-44-38-17-4-5-18-40(38)46-42)27-39(35)45(41(34)36)33-13-8-12-31(26-33)37-16-6-7-25-43-37/h1-21,23-27,30H,22H2. The summed E-state index contributed by atoms with van der Waals surface area (Å²) in [6.45, 7) is 0. The van der Waals surface area contributed by atoms with Crippen LogP contribution in [0.4, 0.5) is 0 Å². The highest BCUT2D eigenvalue weighted by Gasteiger charge is 2.22. The smallest absolute Gasteiger partial charge is 0.124 e. The van der Waals surface area contributed by atoms with Crippen molar-refractivity contribution < 1.29 is 0 Å². The molecular weight excluding hydrogens is 579 g/mol. The third-order valence-corrected chi connectivity index (χ3v) is 10.1. The molecule has 4 heteroatoms. The molecule has 0 aliphatic heterocycles. The summed E-state index contributed by atoms with van der Waals surface area (Å²) in [5.74, 6) is 0.266. The van der Waals surface area contributed by atoms with Crippen LogP contribution in [0.15, 0.2) is 158 Å². The Labute approximate surface area is 271 Å². The number of benzene rings is 5. The van der Waals surface area contributed by atoms with Crippen LogP contribution in [0, 0.1) is 0 Å². The molecule has 0 amide bonds. The van der Waals surface area contributed by atoms with Gasteiger partial charge in [-0.15, -0.1) is 11.3 Å². The van der Waals surface area contributed by atoms with Gasteiger partial charge in [0.2, 0.25) is 0 Å². The van der Waals surface area contributed by atoms with E-state index in [9.17, 15) is 0 Å². The van der Waals surface area contributed by atoms with Gasteiger partial charge in [-0.3, -0.25) is 4.98 Å². The average Bonchev–Trinajstić information content (AvgIpc) is 3.72. The second-order valence-electron chi connectivity index (χ2n) is 11.8. The zero-order chi connectivity index (χ0) is 30.5. The largest absolute Gasteiger partial charge is 0.309 e. The molecule has 0 saturated carbocycles. The number of hydrogen-bond acceptors (Lipinski definition) is 3. The molecule has 1 unspecified atom stereocenters. The van der Waals surface area contributed by atoms with E-state index in [4.69, 9.17) is 4.98 Å². The highest BCUT2D eigenvalue weighted by Crippen LogP contribution is 2.42. The van der Waals surface area contributed by atoms with Crippen molar-refractivity contribution in [2.45, 2.75) is 12.3 Å². The molecule has 3 heterocycles. The highest BCUT2D eigenvalue weighted by molar-refractivity contribution is 7.21. The number of fused-ring (bicyclic) bond motifs is 4. The molecule has 9 rings (SSSR count). The fraction of sp³-hybridized carbons (Fsp3) is 0.0476. The van der Waals surface area contributed by atoms with E-state index in [0.717, 1.165) is 39.5 Å². The third-order valence-electron chi connectivity index (χ3n) is 9.03. The second-order valence-corrected chi connectivity index (χ2v) is 12.8. The lowest BCUT2D eigenvalue weighted by Gasteiger charge is -2.20. The Hall–Kier alpha value is -5.58. The minimum Gasteiger partial charge on any atom is -0.309 e. The molecule has 1 aliphatic carbocycles. The zero-order valence-electron chi connectivity index (χ0n) is 25.0. The van der Waals surface area contributed by atoms with Crippen LogP contribution in [0.25, 0.3) is 65.1 Å². The van der Waals surface area contributed by atoms with E-state index in [1.807, 2.05) is 18.3 Å². The lowest BCUT2D eigenvalue weighted by atomic mass is 9.87. The van der Waals surface area contributed by atoms with E-state index in [0.29, 0.717) is 0 Å². The molecule has 0 spiro atoms. The Morgan fingerprint density at radius 1 is 0.674 bits per heavy atom. The Morgan fingerprint density at radius 3 is 2.37 bits per heavy atom. The fourth-order valence-electron chi connectivity index (χ4n) is 6.82. The first-order valence-corrected chi connectivity index (χ1v) is 16.5. The van der Waals surface area contributed by atoms with Crippen LogP contribution in [0.2, 0.25) is 0 Å². The molecule has 0 bridgehead atoms. The van der Waals surface area contributed by atoms with Gasteiger partial charge in [-0.05, 0) is 65.6 Å². The molecule has 1 aliphatic rings. The molecule has 3 aromatic heterocycles. The van der Waals surface area contributed by atoms with Crippen molar-refractivity contribution in [1.29, 1.82) is 0 Å². The number of rotatable bonds is 5. The van der Waals surface area contributed by atoms with Crippen molar-refractivity contribution in [2.75, 3.05) is 0 Å². The van der Waals surface area contributed by atoms with E-state index in [-0.39, 0.29) is 5.92 Å². The summed E-state index contributed by atoms with van der Waals surface area (Å²) in [5.41, 5.74) is 11.7. The van der Waals surface area contributed by atoms with Gasteiger partial charge in [-0.25, -0.2) is 4.98 Å². The Bertz CT molecular complexity index is 2420. The van der Waals surface area contributed by atoms with Gasteiger partial charge in [-0.1, -0.05) is 109 Å². The van der Waals surface area contributed by atoms with Crippen molar-refractivity contribution >= 4 is 48.9 Å². The predicted molar refractivity (Wildman–Crippen MR) is 194 cm³/mol. The monoisotopic (exact) mass is 607 g/mol. The molecule has 3 nitrogen and oxygen atoms in total. The molecule has 5 aromatic carbocycles. The van der Waals surface area contributed by atoms with Gasteiger partial charge >= 0.3 is 0 Å². The summed E-state index contributed by atoms with van der Waals surface area (Å²) in [4.78, 5) is 9.67. The molecule has 218 valence electrons. The first-order valence-electron chi connectivity index (χ1n) is 15.7. The first-order chi connectivity index (χ1) is 22.8. The molecule has 0 radical (unpaired) electrons. The van der Waals surface area contributed by atoms with Crippen LogP contribution in [0.1, 0.15) is 23.5 Å². The van der Waals surface area contributed by atoms with Gasteiger partial charge in [0, 0.05) is 39.7 Å². The van der Waals surface area contributed by atoms with Gasteiger partial charge in [0.25, 0.3) is 0 Å². The van der Waals surface area contributed by atoms with E-state index in [1.54, 1.807) is 11.3 Å². The number of allylic oxidation sites excluding steroid dienone is 4. The lowest BCUT2D eigenvalue weighted by Crippen LogP contribution is -2.03. The maximum Gasteiger partial charge on any atom is 0.124 e. The molecule has 0 saturated heterocycles. The number of hydrogen-bond donors (Lipinski definition) is 0. The predicted octanol–water partition coefficient (Wildman–Crippen LogP) is 11.2. The van der Waals surface area contributed by atoms with Crippen LogP contribution >= 0.6 is 11.3 Å². The molecule has 46 heavy (non-hydrogen) atoms. The highest BCUT2D eigenvalue weighted by atomic mass is 32.1. The fourth-order valence-corrected chi connectivity index (χ4v) is 7.78. The summed E-state index contributed by atoms with van der Waals surface area (Å²) >= 11 is 1.75. The van der Waals surface area contributed by atoms with E-state index in [1.165, 1.54) is 43.2 Å². The van der Waals surface area contributed by atoms with Gasteiger partial charge in [-0.2, -0.15) is 0 Å². The van der Waals surface area contributed by atoms with Gasteiger partial charge < -0.3 is 4.57 Å². The Balaban J connectivity index is 1.25. The van der Waals surface area contributed by atoms with Crippen LogP contribution < -0.4 is 0 Å². The van der Waals surface area contributed by atoms with Crippen LogP contribution in [-0.4, -0.2) is 14.5 Å². The van der Waals surface area contributed by atoms with Crippen LogP contribution in [0.5, 0.6) is 0 Å². The summed E-state index contributed by atoms with van der Waals surface area (Å²) in [7, 11) is 0. The van der Waals surface area contributed by atoms with Crippen molar-refractivity contribution in [3.05, 3.63) is 169 Å². The van der Waals surface area contributed by atoms with Crippen molar-refractivity contribution in [3.8, 4) is 27.5 Å². The summed E-state index contributed by atoms with van der Waals surface area (Å²) < 4.78 is 3.67. The summed E-state index contributed by atoms with van der Waals surface area (Å²) in [6, 6.07) is 47.6. The number of aromatic nitrogens is 3. The Kier molecular flexibility index (Phi) is 6.46. The second kappa shape index (κ2) is 11.1. The summed E-state index contributed by atoms with van der Waals surface area (Å²) in [6.07, 6.45) is 9.88. The topological polar surface area (TPSA) is 30.7 Å². The molecule has 0 fully saturated rings. The van der Waals surface area contributed by atoms with E-state index in [2.05, 4.69) is 149 Å². The molecule has 1 atom stereocenters.